The molecule has 0 aliphatic rings. The van der Waals surface area contributed by atoms with E-state index in [1.54, 1.807) is 12.4 Å². The zero-order chi connectivity index (χ0) is 9.97. The van der Waals surface area contributed by atoms with Gasteiger partial charge in [-0.3, -0.25) is 9.97 Å². The van der Waals surface area contributed by atoms with Crippen LogP contribution in [0.5, 0.6) is 0 Å². The second kappa shape index (κ2) is 4.94. The molecule has 2 heterocycles. The normalized spacial score (nSPS) is 9.93. The SMILES string of the molecule is CCCc1c(N)cnc2cccnc12.Cl. The summed E-state index contributed by atoms with van der Waals surface area (Å²) in [6, 6.07) is 3.85. The minimum atomic E-state index is 0. The Labute approximate surface area is 95.1 Å². The predicted octanol–water partition coefficient (Wildman–Crippen LogP) is 2.59. The average Bonchev–Trinajstić information content (AvgIpc) is 2.23. The van der Waals surface area contributed by atoms with Crippen LogP contribution in [0.15, 0.2) is 24.5 Å². The Kier molecular flexibility index (Phi) is 3.86. The summed E-state index contributed by atoms with van der Waals surface area (Å²) in [6.45, 7) is 2.13. The first kappa shape index (κ1) is 11.7. The van der Waals surface area contributed by atoms with E-state index in [4.69, 9.17) is 5.73 Å². The fourth-order valence-corrected chi connectivity index (χ4v) is 1.60. The zero-order valence-electron chi connectivity index (χ0n) is 8.60. The first-order valence-corrected chi connectivity index (χ1v) is 4.81. The Balaban J connectivity index is 0.00000112. The average molecular weight is 224 g/mol. The van der Waals surface area contributed by atoms with Crippen molar-refractivity contribution in [1.29, 1.82) is 0 Å². The number of aryl methyl sites for hydroxylation is 1. The Morgan fingerprint density at radius 3 is 2.87 bits per heavy atom. The van der Waals surface area contributed by atoms with Crippen LogP contribution in [0.1, 0.15) is 18.9 Å². The van der Waals surface area contributed by atoms with E-state index >= 15 is 0 Å². The fourth-order valence-electron chi connectivity index (χ4n) is 1.60. The van der Waals surface area contributed by atoms with E-state index in [0.717, 1.165) is 35.1 Å². The summed E-state index contributed by atoms with van der Waals surface area (Å²) in [5, 5.41) is 0. The van der Waals surface area contributed by atoms with Crippen LogP contribution < -0.4 is 5.73 Å². The molecule has 0 fully saturated rings. The largest absolute Gasteiger partial charge is 0.397 e. The number of pyridine rings is 2. The molecule has 2 rings (SSSR count). The molecule has 0 spiro atoms. The van der Waals surface area contributed by atoms with Crippen molar-refractivity contribution < 1.29 is 0 Å². The molecule has 0 aliphatic heterocycles. The van der Waals surface area contributed by atoms with Gasteiger partial charge in [0.15, 0.2) is 0 Å². The molecule has 2 aromatic heterocycles. The maximum absolute atomic E-state index is 5.87. The molecule has 80 valence electrons. The Morgan fingerprint density at radius 2 is 2.13 bits per heavy atom. The quantitative estimate of drug-likeness (QED) is 0.852. The Morgan fingerprint density at radius 1 is 1.33 bits per heavy atom. The first-order chi connectivity index (χ1) is 6.83. The number of rotatable bonds is 2. The number of nitrogens with zero attached hydrogens (tertiary/aromatic N) is 2. The molecule has 15 heavy (non-hydrogen) atoms. The standard InChI is InChI=1S/C11H13N3.ClH/c1-2-4-8-9(12)7-14-10-5-3-6-13-11(8)10;/h3,5-7H,2,4,12H2,1H3;1H. The van der Waals surface area contributed by atoms with Gasteiger partial charge in [0.05, 0.1) is 22.9 Å². The highest BCUT2D eigenvalue weighted by atomic mass is 35.5. The molecular formula is C11H14ClN3. The molecule has 3 nitrogen and oxygen atoms in total. The molecule has 2 N–H and O–H groups in total. The van der Waals surface area contributed by atoms with Gasteiger partial charge in [-0.2, -0.15) is 0 Å². The zero-order valence-corrected chi connectivity index (χ0v) is 9.42. The molecule has 0 radical (unpaired) electrons. The molecule has 0 saturated carbocycles. The lowest BCUT2D eigenvalue weighted by Crippen LogP contribution is -1.98. The topological polar surface area (TPSA) is 51.8 Å². The van der Waals surface area contributed by atoms with Gasteiger partial charge in [-0.1, -0.05) is 13.3 Å². The lowest BCUT2D eigenvalue weighted by atomic mass is 10.1. The summed E-state index contributed by atoms with van der Waals surface area (Å²) >= 11 is 0. The second-order valence-electron chi connectivity index (χ2n) is 3.31. The first-order valence-electron chi connectivity index (χ1n) is 4.81. The highest BCUT2D eigenvalue weighted by molar-refractivity contribution is 5.85. The van der Waals surface area contributed by atoms with Crippen molar-refractivity contribution >= 4 is 29.1 Å². The number of anilines is 1. The highest BCUT2D eigenvalue weighted by Gasteiger charge is 2.05. The maximum atomic E-state index is 5.87. The van der Waals surface area contributed by atoms with Crippen LogP contribution in [0.3, 0.4) is 0 Å². The van der Waals surface area contributed by atoms with E-state index in [2.05, 4.69) is 16.9 Å². The molecule has 4 heteroatoms. The number of fused-ring (bicyclic) bond motifs is 1. The van der Waals surface area contributed by atoms with Gasteiger partial charge in [0, 0.05) is 11.8 Å². The smallest absolute Gasteiger partial charge is 0.0939 e. The van der Waals surface area contributed by atoms with Gasteiger partial charge in [-0.25, -0.2) is 0 Å². The Bertz CT molecular complexity index is 457. The number of hydrogen-bond donors (Lipinski definition) is 1. The number of hydrogen-bond acceptors (Lipinski definition) is 3. The summed E-state index contributed by atoms with van der Waals surface area (Å²) in [5.74, 6) is 0. The summed E-state index contributed by atoms with van der Waals surface area (Å²) in [5.41, 5.74) is 9.60. The highest BCUT2D eigenvalue weighted by Crippen LogP contribution is 2.21. The van der Waals surface area contributed by atoms with E-state index in [1.807, 2.05) is 12.1 Å². The summed E-state index contributed by atoms with van der Waals surface area (Å²) in [7, 11) is 0. The van der Waals surface area contributed by atoms with Crippen molar-refractivity contribution in [2.24, 2.45) is 0 Å². The molecule has 2 aromatic rings. The summed E-state index contributed by atoms with van der Waals surface area (Å²) < 4.78 is 0. The lowest BCUT2D eigenvalue weighted by Gasteiger charge is -2.06. The molecule has 0 bridgehead atoms. The number of halogens is 1. The molecule has 0 atom stereocenters. The third kappa shape index (κ3) is 2.18. The second-order valence-corrected chi connectivity index (χ2v) is 3.31. The number of nitrogens with two attached hydrogens (primary N) is 1. The van der Waals surface area contributed by atoms with Gasteiger partial charge in [0.1, 0.15) is 0 Å². The van der Waals surface area contributed by atoms with Crippen molar-refractivity contribution in [3.05, 3.63) is 30.1 Å². The minimum Gasteiger partial charge on any atom is -0.397 e. The van der Waals surface area contributed by atoms with Gasteiger partial charge in [-0.15, -0.1) is 12.4 Å². The monoisotopic (exact) mass is 223 g/mol. The van der Waals surface area contributed by atoms with Crippen LogP contribution in [0.4, 0.5) is 5.69 Å². The maximum Gasteiger partial charge on any atom is 0.0939 e. The number of nitrogen functional groups attached to an aromatic ring is 1. The third-order valence-electron chi connectivity index (χ3n) is 2.26. The van der Waals surface area contributed by atoms with E-state index in [-0.39, 0.29) is 12.4 Å². The number of aromatic nitrogens is 2. The van der Waals surface area contributed by atoms with Crippen LogP contribution in [0, 0.1) is 0 Å². The van der Waals surface area contributed by atoms with Gasteiger partial charge >= 0.3 is 0 Å². The van der Waals surface area contributed by atoms with Gasteiger partial charge in [-0.05, 0) is 18.6 Å². The molecule has 0 saturated heterocycles. The van der Waals surface area contributed by atoms with Crippen LogP contribution in [0.2, 0.25) is 0 Å². The summed E-state index contributed by atoms with van der Waals surface area (Å²) in [6.07, 6.45) is 5.53. The van der Waals surface area contributed by atoms with Crippen LogP contribution in [0.25, 0.3) is 11.0 Å². The fraction of sp³-hybridized carbons (Fsp3) is 0.273. The van der Waals surface area contributed by atoms with Crippen molar-refractivity contribution in [3.63, 3.8) is 0 Å². The van der Waals surface area contributed by atoms with Crippen LogP contribution in [-0.2, 0) is 6.42 Å². The molecular weight excluding hydrogens is 210 g/mol. The predicted molar refractivity (Wildman–Crippen MR) is 65.2 cm³/mol. The Hall–Kier alpha value is -1.35. The minimum absolute atomic E-state index is 0. The van der Waals surface area contributed by atoms with E-state index in [9.17, 15) is 0 Å². The lowest BCUT2D eigenvalue weighted by molar-refractivity contribution is 0.927. The van der Waals surface area contributed by atoms with Crippen molar-refractivity contribution in [3.8, 4) is 0 Å². The summed E-state index contributed by atoms with van der Waals surface area (Å²) in [4.78, 5) is 8.55. The molecule has 0 aliphatic carbocycles. The van der Waals surface area contributed by atoms with Gasteiger partial charge in [0.25, 0.3) is 0 Å². The van der Waals surface area contributed by atoms with Gasteiger partial charge < -0.3 is 5.73 Å². The molecule has 0 aromatic carbocycles. The van der Waals surface area contributed by atoms with Crippen molar-refractivity contribution in [1.82, 2.24) is 9.97 Å². The molecule has 0 unspecified atom stereocenters. The van der Waals surface area contributed by atoms with Crippen LogP contribution in [-0.4, -0.2) is 9.97 Å². The van der Waals surface area contributed by atoms with E-state index in [0.29, 0.717) is 0 Å². The van der Waals surface area contributed by atoms with E-state index < -0.39 is 0 Å². The van der Waals surface area contributed by atoms with Gasteiger partial charge in [0.2, 0.25) is 0 Å². The molecule has 0 amide bonds. The van der Waals surface area contributed by atoms with Crippen molar-refractivity contribution in [2.75, 3.05) is 5.73 Å². The van der Waals surface area contributed by atoms with E-state index in [1.165, 1.54) is 0 Å². The van der Waals surface area contributed by atoms with Crippen LogP contribution >= 0.6 is 12.4 Å². The van der Waals surface area contributed by atoms with Crippen molar-refractivity contribution in [2.45, 2.75) is 19.8 Å². The third-order valence-corrected chi connectivity index (χ3v) is 2.26.